The Bertz CT molecular complexity index is 859. The van der Waals surface area contributed by atoms with Crippen LogP contribution in [0.5, 0.6) is 0 Å². The first-order valence-electron chi connectivity index (χ1n) is 10.3. The van der Waals surface area contributed by atoms with E-state index in [-0.39, 0.29) is 17.9 Å². The van der Waals surface area contributed by atoms with E-state index in [0.29, 0.717) is 12.3 Å². The van der Waals surface area contributed by atoms with Crippen LogP contribution in [-0.4, -0.2) is 34.6 Å². The first kappa shape index (κ1) is 24.5. The van der Waals surface area contributed by atoms with E-state index < -0.39 is 6.04 Å². The Kier molecular flexibility index (Phi) is 9.92. The quantitative estimate of drug-likeness (QED) is 0.489. The fourth-order valence-corrected chi connectivity index (χ4v) is 4.42. The fourth-order valence-electron chi connectivity index (χ4n) is 2.98. The second kappa shape index (κ2) is 12.2. The summed E-state index contributed by atoms with van der Waals surface area (Å²) in [4.78, 5) is 27.5. The highest BCUT2D eigenvalue weighted by atomic mass is 79.9. The number of benzene rings is 2. The molecule has 0 aromatic heterocycles. The Hall–Kier alpha value is -1.79. The Balaban J connectivity index is 2.09. The molecular formula is C24H31BrN2O2S. The number of amides is 2. The molecule has 0 aliphatic carbocycles. The molecule has 0 saturated carbocycles. The maximum atomic E-state index is 13.1. The summed E-state index contributed by atoms with van der Waals surface area (Å²) in [5.41, 5.74) is 3.45. The molecule has 0 bridgehead atoms. The van der Waals surface area contributed by atoms with Gasteiger partial charge in [-0.1, -0.05) is 59.3 Å². The molecular weight excluding hydrogens is 460 g/mol. The molecule has 0 radical (unpaired) electrons. The van der Waals surface area contributed by atoms with Gasteiger partial charge in [-0.2, -0.15) is 0 Å². The zero-order chi connectivity index (χ0) is 22.1. The lowest BCUT2D eigenvalue weighted by Gasteiger charge is -2.29. The summed E-state index contributed by atoms with van der Waals surface area (Å²) >= 11 is 5.07. The van der Waals surface area contributed by atoms with Crippen molar-refractivity contribution in [1.29, 1.82) is 0 Å². The number of carbonyl (C=O) groups is 2. The highest BCUT2D eigenvalue weighted by molar-refractivity contribution is 9.10. The van der Waals surface area contributed by atoms with Gasteiger partial charge < -0.3 is 10.2 Å². The van der Waals surface area contributed by atoms with Crippen LogP contribution in [0.3, 0.4) is 0 Å². The summed E-state index contributed by atoms with van der Waals surface area (Å²) in [6.45, 7) is 8.29. The molecule has 2 rings (SSSR count). The summed E-state index contributed by atoms with van der Waals surface area (Å²) < 4.78 is 0.957. The number of hydrogen-bond donors (Lipinski definition) is 1. The number of thioether (sulfide) groups is 1. The molecule has 2 aromatic carbocycles. The largest absolute Gasteiger partial charge is 0.352 e. The molecule has 162 valence electrons. The summed E-state index contributed by atoms with van der Waals surface area (Å²) in [7, 11) is 0. The van der Waals surface area contributed by atoms with Gasteiger partial charge in [-0.05, 0) is 56.0 Å². The summed E-state index contributed by atoms with van der Waals surface area (Å²) in [5.74, 6) is 0.969. The van der Waals surface area contributed by atoms with Gasteiger partial charge in [0.15, 0.2) is 0 Å². The molecule has 2 aromatic rings. The van der Waals surface area contributed by atoms with Crippen LogP contribution >= 0.6 is 27.7 Å². The predicted octanol–water partition coefficient (Wildman–Crippen LogP) is 5.32. The Labute approximate surface area is 192 Å². The minimum atomic E-state index is -0.537. The lowest BCUT2D eigenvalue weighted by atomic mass is 10.1. The number of aryl methyl sites for hydroxylation is 1. The van der Waals surface area contributed by atoms with Crippen molar-refractivity contribution in [2.75, 3.05) is 5.75 Å². The molecule has 0 heterocycles. The number of carbonyl (C=O) groups excluding carboxylic acids is 2. The number of halogens is 1. The number of nitrogens with one attached hydrogen (secondary N) is 1. The van der Waals surface area contributed by atoms with E-state index in [4.69, 9.17) is 0 Å². The van der Waals surface area contributed by atoms with Gasteiger partial charge in [-0.3, -0.25) is 9.59 Å². The van der Waals surface area contributed by atoms with Crippen LogP contribution in [0.2, 0.25) is 0 Å². The SMILES string of the molecule is CC[C@@H](C)NC(=O)[C@@H](C)N(Cc1cccc(Br)c1)C(=O)CSCc1ccccc1C. The first-order chi connectivity index (χ1) is 14.3. The molecule has 0 aliphatic heterocycles. The molecule has 1 N–H and O–H groups in total. The first-order valence-corrected chi connectivity index (χ1v) is 12.2. The third-order valence-corrected chi connectivity index (χ3v) is 6.61. The lowest BCUT2D eigenvalue weighted by molar-refractivity contribution is -0.138. The normalized spacial score (nSPS) is 12.8. The van der Waals surface area contributed by atoms with E-state index >= 15 is 0 Å². The molecule has 4 nitrogen and oxygen atoms in total. The number of nitrogens with zero attached hydrogens (tertiary/aromatic N) is 1. The average molecular weight is 491 g/mol. The van der Waals surface area contributed by atoms with E-state index in [1.54, 1.807) is 23.6 Å². The minimum absolute atomic E-state index is 0.0274. The molecule has 0 spiro atoms. The predicted molar refractivity (Wildman–Crippen MR) is 129 cm³/mol. The van der Waals surface area contributed by atoms with Crippen LogP contribution in [0, 0.1) is 6.92 Å². The van der Waals surface area contributed by atoms with Crippen molar-refractivity contribution in [1.82, 2.24) is 10.2 Å². The lowest BCUT2D eigenvalue weighted by Crippen LogP contribution is -2.50. The van der Waals surface area contributed by atoms with Crippen LogP contribution in [-0.2, 0) is 21.9 Å². The van der Waals surface area contributed by atoms with Crippen molar-refractivity contribution >= 4 is 39.5 Å². The Morgan fingerprint density at radius 2 is 1.87 bits per heavy atom. The van der Waals surface area contributed by atoms with E-state index in [1.807, 2.05) is 50.2 Å². The van der Waals surface area contributed by atoms with Crippen molar-refractivity contribution < 1.29 is 9.59 Å². The van der Waals surface area contributed by atoms with Gasteiger partial charge in [0.2, 0.25) is 11.8 Å². The summed E-state index contributed by atoms with van der Waals surface area (Å²) in [6, 6.07) is 15.6. The molecule has 2 atom stereocenters. The monoisotopic (exact) mass is 490 g/mol. The van der Waals surface area contributed by atoms with E-state index in [2.05, 4.69) is 40.3 Å². The molecule has 6 heteroatoms. The van der Waals surface area contributed by atoms with E-state index in [9.17, 15) is 9.59 Å². The molecule has 2 amide bonds. The van der Waals surface area contributed by atoms with Gasteiger partial charge in [0.1, 0.15) is 6.04 Å². The van der Waals surface area contributed by atoms with E-state index in [0.717, 1.165) is 22.2 Å². The molecule has 0 saturated heterocycles. The highest BCUT2D eigenvalue weighted by Crippen LogP contribution is 2.19. The number of hydrogen-bond acceptors (Lipinski definition) is 3. The topological polar surface area (TPSA) is 49.4 Å². The number of rotatable bonds is 10. The minimum Gasteiger partial charge on any atom is -0.352 e. The highest BCUT2D eigenvalue weighted by Gasteiger charge is 2.26. The fraction of sp³-hybridized carbons (Fsp3) is 0.417. The zero-order valence-corrected chi connectivity index (χ0v) is 20.6. The Morgan fingerprint density at radius 1 is 1.13 bits per heavy atom. The summed E-state index contributed by atoms with van der Waals surface area (Å²) in [6.07, 6.45) is 0.852. The maximum Gasteiger partial charge on any atom is 0.242 e. The van der Waals surface area contributed by atoms with E-state index in [1.165, 1.54) is 11.1 Å². The molecule has 30 heavy (non-hydrogen) atoms. The van der Waals surface area contributed by atoms with Crippen LogP contribution in [0.25, 0.3) is 0 Å². The van der Waals surface area contributed by atoms with Gasteiger partial charge in [0, 0.05) is 22.8 Å². The third-order valence-electron chi connectivity index (χ3n) is 5.15. The Morgan fingerprint density at radius 3 is 2.53 bits per heavy atom. The summed E-state index contributed by atoms with van der Waals surface area (Å²) in [5, 5.41) is 3.00. The maximum absolute atomic E-state index is 13.1. The molecule has 0 aliphatic rings. The van der Waals surface area contributed by atoms with Gasteiger partial charge in [-0.25, -0.2) is 0 Å². The molecule has 0 unspecified atom stereocenters. The second-order valence-corrected chi connectivity index (χ2v) is 9.47. The van der Waals surface area contributed by atoms with Crippen molar-refractivity contribution in [2.24, 2.45) is 0 Å². The average Bonchev–Trinajstić information content (AvgIpc) is 2.72. The van der Waals surface area contributed by atoms with Crippen molar-refractivity contribution in [2.45, 2.75) is 58.5 Å². The van der Waals surface area contributed by atoms with Crippen molar-refractivity contribution in [3.63, 3.8) is 0 Å². The standard InChI is InChI=1S/C24H31BrN2O2S/c1-5-18(3)26-24(29)19(4)27(14-20-10-8-12-22(25)13-20)23(28)16-30-15-21-11-7-6-9-17(21)2/h6-13,18-19H,5,14-16H2,1-4H3,(H,26,29)/t18-,19-/m1/s1. The molecule has 0 fully saturated rings. The van der Waals surface area contributed by atoms with Gasteiger partial charge in [0.25, 0.3) is 0 Å². The smallest absolute Gasteiger partial charge is 0.242 e. The van der Waals surface area contributed by atoms with Crippen LogP contribution in [0.1, 0.15) is 43.9 Å². The van der Waals surface area contributed by atoms with Gasteiger partial charge >= 0.3 is 0 Å². The van der Waals surface area contributed by atoms with Crippen molar-refractivity contribution in [3.05, 3.63) is 69.7 Å². The third kappa shape index (κ3) is 7.47. The van der Waals surface area contributed by atoms with Crippen LogP contribution < -0.4 is 5.32 Å². The van der Waals surface area contributed by atoms with Gasteiger partial charge in [-0.15, -0.1) is 11.8 Å². The second-order valence-electron chi connectivity index (χ2n) is 7.56. The van der Waals surface area contributed by atoms with Crippen LogP contribution in [0.15, 0.2) is 53.0 Å². The van der Waals surface area contributed by atoms with Crippen LogP contribution in [0.4, 0.5) is 0 Å². The van der Waals surface area contributed by atoms with Crippen molar-refractivity contribution in [3.8, 4) is 0 Å². The zero-order valence-electron chi connectivity index (χ0n) is 18.2. The van der Waals surface area contributed by atoms with Gasteiger partial charge in [0.05, 0.1) is 5.75 Å².